The minimum absolute atomic E-state index is 0.0898. The van der Waals surface area contributed by atoms with Gasteiger partial charge in [0.2, 0.25) is 0 Å². The summed E-state index contributed by atoms with van der Waals surface area (Å²) < 4.78 is 6.15. The van der Waals surface area contributed by atoms with Crippen molar-refractivity contribution in [1.29, 1.82) is 0 Å². The van der Waals surface area contributed by atoms with Crippen LogP contribution in [0.3, 0.4) is 0 Å². The average Bonchev–Trinajstić information content (AvgIpc) is 2.80. The molecule has 0 bridgehead atoms. The molecule has 0 amide bonds. The molecule has 2 heterocycles. The topological polar surface area (TPSA) is 76.5 Å². The van der Waals surface area contributed by atoms with Crippen LogP contribution in [0.4, 0.5) is 0 Å². The molecular weight excluding hydrogens is 234 g/mol. The Hall–Kier alpha value is -2.37. The number of rotatable bonds is 4. The molecule has 0 aliphatic carbocycles. The second-order valence-electron chi connectivity index (χ2n) is 3.79. The van der Waals surface area contributed by atoms with Gasteiger partial charge in [-0.25, -0.2) is 9.50 Å². The van der Waals surface area contributed by atoms with Gasteiger partial charge < -0.3 is 4.74 Å². The highest BCUT2D eigenvalue weighted by Crippen LogP contribution is 2.04. The fourth-order valence-corrected chi connectivity index (χ4v) is 1.66. The Kier molecular flexibility index (Phi) is 3.27. The summed E-state index contributed by atoms with van der Waals surface area (Å²) in [4.78, 5) is 27.8. The maximum Gasteiger partial charge on any atom is 0.310 e. The van der Waals surface area contributed by atoms with E-state index in [1.54, 1.807) is 19.2 Å². The molecule has 18 heavy (non-hydrogen) atoms. The van der Waals surface area contributed by atoms with E-state index in [1.165, 1.54) is 10.6 Å². The number of aromatic nitrogens is 3. The highest BCUT2D eigenvalue weighted by Gasteiger charge is 2.14. The molecule has 0 radical (unpaired) electrons. The Labute approximate surface area is 103 Å². The molecule has 0 saturated heterocycles. The van der Waals surface area contributed by atoms with E-state index in [1.807, 2.05) is 0 Å². The number of nitrogens with zero attached hydrogens (tertiary/aromatic N) is 2. The maximum absolute atomic E-state index is 12.1. The molecular formula is C12H13N3O3. The van der Waals surface area contributed by atoms with E-state index in [-0.39, 0.29) is 18.6 Å². The van der Waals surface area contributed by atoms with Gasteiger partial charge >= 0.3 is 5.97 Å². The quantitative estimate of drug-likeness (QED) is 0.634. The Bertz CT molecular complexity index is 654. The molecule has 0 saturated carbocycles. The van der Waals surface area contributed by atoms with Crippen molar-refractivity contribution in [2.75, 3.05) is 6.61 Å². The number of hydrogen-bond donors (Lipinski definition) is 1. The number of aromatic amines is 1. The molecule has 0 unspecified atom stereocenters. The normalized spacial score (nSPS) is 10.5. The molecule has 94 valence electrons. The summed E-state index contributed by atoms with van der Waals surface area (Å²) in [5, 5.41) is 2.75. The second kappa shape index (κ2) is 4.87. The van der Waals surface area contributed by atoms with Crippen molar-refractivity contribution in [3.63, 3.8) is 0 Å². The summed E-state index contributed by atoms with van der Waals surface area (Å²) in [7, 11) is 0. The molecule has 6 nitrogen and oxygen atoms in total. The summed E-state index contributed by atoms with van der Waals surface area (Å²) in [6, 6.07) is 1.69. The standard InChI is InChI=1S/C12H13N3O3/c1-3-6-18-11(16)7-9-8(2)14-10-4-5-13-15(10)12(9)17/h3-5,13H,1,6-7H2,2H3. The van der Waals surface area contributed by atoms with Crippen LogP contribution in [0.5, 0.6) is 0 Å². The molecule has 0 aliphatic rings. The molecule has 0 spiro atoms. The van der Waals surface area contributed by atoms with Gasteiger partial charge in [0, 0.05) is 18.0 Å². The lowest BCUT2D eigenvalue weighted by Gasteiger charge is -2.05. The smallest absolute Gasteiger partial charge is 0.310 e. The predicted molar refractivity (Wildman–Crippen MR) is 65.4 cm³/mol. The number of carbonyl (C=O) groups excluding carboxylic acids is 1. The van der Waals surface area contributed by atoms with E-state index in [9.17, 15) is 9.59 Å². The van der Waals surface area contributed by atoms with Crippen LogP contribution >= 0.6 is 0 Å². The minimum Gasteiger partial charge on any atom is -0.461 e. The van der Waals surface area contributed by atoms with Crippen LogP contribution in [-0.4, -0.2) is 27.2 Å². The minimum atomic E-state index is -0.469. The first-order valence-corrected chi connectivity index (χ1v) is 5.45. The van der Waals surface area contributed by atoms with E-state index < -0.39 is 5.97 Å². The summed E-state index contributed by atoms with van der Waals surface area (Å²) >= 11 is 0. The van der Waals surface area contributed by atoms with Gasteiger partial charge in [0.1, 0.15) is 6.61 Å². The highest BCUT2D eigenvalue weighted by atomic mass is 16.5. The molecule has 2 rings (SSSR count). The monoisotopic (exact) mass is 247 g/mol. The second-order valence-corrected chi connectivity index (χ2v) is 3.79. The molecule has 0 fully saturated rings. The third-order valence-electron chi connectivity index (χ3n) is 2.53. The number of hydrogen-bond acceptors (Lipinski definition) is 4. The zero-order chi connectivity index (χ0) is 13.1. The number of fused-ring (bicyclic) bond motifs is 1. The van der Waals surface area contributed by atoms with Crippen LogP contribution in [0.15, 0.2) is 29.7 Å². The van der Waals surface area contributed by atoms with E-state index in [2.05, 4.69) is 16.7 Å². The number of nitrogens with one attached hydrogen (secondary N) is 1. The zero-order valence-corrected chi connectivity index (χ0v) is 9.97. The van der Waals surface area contributed by atoms with Gasteiger partial charge in [0.05, 0.1) is 12.0 Å². The number of aryl methyl sites for hydroxylation is 1. The van der Waals surface area contributed by atoms with Gasteiger partial charge in [0.25, 0.3) is 5.56 Å². The average molecular weight is 247 g/mol. The Morgan fingerprint density at radius 2 is 2.44 bits per heavy atom. The molecule has 6 heteroatoms. The third-order valence-corrected chi connectivity index (χ3v) is 2.53. The van der Waals surface area contributed by atoms with Gasteiger partial charge in [-0.05, 0) is 6.92 Å². The Balaban J connectivity index is 2.35. The largest absolute Gasteiger partial charge is 0.461 e. The van der Waals surface area contributed by atoms with Gasteiger partial charge in [-0.15, -0.1) is 0 Å². The number of carbonyl (C=O) groups is 1. The summed E-state index contributed by atoms with van der Waals surface area (Å²) in [5.41, 5.74) is 1.12. The molecule has 2 aromatic rings. The first-order valence-electron chi connectivity index (χ1n) is 5.45. The summed E-state index contributed by atoms with van der Waals surface area (Å²) in [6.45, 7) is 5.28. The number of H-pyrrole nitrogens is 1. The van der Waals surface area contributed by atoms with Crippen molar-refractivity contribution >= 4 is 11.6 Å². The maximum atomic E-state index is 12.1. The van der Waals surface area contributed by atoms with Crippen molar-refractivity contribution in [2.24, 2.45) is 0 Å². The van der Waals surface area contributed by atoms with E-state index >= 15 is 0 Å². The predicted octanol–water partition coefficient (Wildman–Crippen LogP) is 0.603. The first kappa shape index (κ1) is 12.1. The van der Waals surface area contributed by atoms with E-state index in [0.717, 1.165) is 0 Å². The summed E-state index contributed by atoms with van der Waals surface area (Å²) in [5.74, 6) is -0.469. The molecule has 0 aliphatic heterocycles. The Morgan fingerprint density at radius 1 is 1.67 bits per heavy atom. The van der Waals surface area contributed by atoms with Crippen LogP contribution < -0.4 is 5.56 Å². The number of ether oxygens (including phenoxy) is 1. The lowest BCUT2D eigenvalue weighted by atomic mass is 10.2. The Morgan fingerprint density at radius 3 is 3.17 bits per heavy atom. The fourth-order valence-electron chi connectivity index (χ4n) is 1.66. The molecule has 0 atom stereocenters. The van der Waals surface area contributed by atoms with Gasteiger partial charge in [-0.2, -0.15) is 0 Å². The zero-order valence-electron chi connectivity index (χ0n) is 9.97. The van der Waals surface area contributed by atoms with Crippen molar-refractivity contribution in [3.8, 4) is 0 Å². The van der Waals surface area contributed by atoms with Crippen molar-refractivity contribution in [3.05, 3.63) is 46.5 Å². The lowest BCUT2D eigenvalue weighted by molar-refractivity contribution is -0.141. The highest BCUT2D eigenvalue weighted by molar-refractivity contribution is 5.73. The van der Waals surface area contributed by atoms with Crippen LogP contribution in [0.25, 0.3) is 5.65 Å². The molecule has 0 aromatic carbocycles. The SMILES string of the molecule is C=CCOC(=O)Cc1c(C)nc2cc[nH]n2c1=O. The number of esters is 1. The molecule has 1 N–H and O–H groups in total. The van der Waals surface area contributed by atoms with Crippen LogP contribution in [0, 0.1) is 6.92 Å². The fraction of sp³-hybridized carbons (Fsp3) is 0.250. The first-order chi connectivity index (χ1) is 8.63. The van der Waals surface area contributed by atoms with Crippen LogP contribution in [0.2, 0.25) is 0 Å². The van der Waals surface area contributed by atoms with Crippen molar-refractivity contribution in [2.45, 2.75) is 13.3 Å². The van der Waals surface area contributed by atoms with Crippen molar-refractivity contribution in [1.82, 2.24) is 14.6 Å². The van der Waals surface area contributed by atoms with Gasteiger partial charge in [0.15, 0.2) is 5.65 Å². The van der Waals surface area contributed by atoms with Crippen LogP contribution in [-0.2, 0) is 16.0 Å². The molecule has 2 aromatic heterocycles. The van der Waals surface area contributed by atoms with Crippen LogP contribution in [0.1, 0.15) is 11.3 Å². The van der Waals surface area contributed by atoms with E-state index in [0.29, 0.717) is 16.9 Å². The van der Waals surface area contributed by atoms with Gasteiger partial charge in [-0.3, -0.25) is 14.7 Å². The summed E-state index contributed by atoms with van der Waals surface area (Å²) in [6.07, 6.45) is 3.00. The van der Waals surface area contributed by atoms with E-state index in [4.69, 9.17) is 4.74 Å². The van der Waals surface area contributed by atoms with Crippen molar-refractivity contribution < 1.29 is 9.53 Å². The van der Waals surface area contributed by atoms with Gasteiger partial charge in [-0.1, -0.05) is 12.7 Å². The third kappa shape index (κ3) is 2.17. The lowest BCUT2D eigenvalue weighted by Crippen LogP contribution is -2.24.